The van der Waals surface area contributed by atoms with E-state index in [2.05, 4.69) is 0 Å². The molecule has 0 heterocycles. The van der Waals surface area contributed by atoms with Crippen molar-refractivity contribution in [3.05, 3.63) is 30.3 Å². The van der Waals surface area contributed by atoms with Gasteiger partial charge in [-0.15, -0.1) is 0 Å². The smallest absolute Gasteiger partial charge is 0.230 e. The second-order valence-electron chi connectivity index (χ2n) is 3.99. The van der Waals surface area contributed by atoms with E-state index in [0.29, 0.717) is 18.0 Å². The Morgan fingerprint density at radius 2 is 2.00 bits per heavy atom. The van der Waals surface area contributed by atoms with Crippen LogP contribution in [-0.2, 0) is 4.79 Å². The summed E-state index contributed by atoms with van der Waals surface area (Å²) in [6, 6.07) is 9.62. The quantitative estimate of drug-likeness (QED) is 0.816. The Bertz CT molecular complexity index is 392. The number of anilines is 1. The lowest BCUT2D eigenvalue weighted by molar-refractivity contribution is -0.121. The number of carbonyl (C=O) groups is 1. The van der Waals surface area contributed by atoms with E-state index in [1.807, 2.05) is 44.2 Å². The van der Waals surface area contributed by atoms with Crippen LogP contribution in [0.25, 0.3) is 0 Å². The number of para-hydroxylation sites is 1. The Balaban J connectivity index is 2.81. The highest BCUT2D eigenvalue weighted by molar-refractivity contribution is 7.80. The zero-order valence-electron chi connectivity index (χ0n) is 10.2. The molecule has 0 aliphatic carbocycles. The van der Waals surface area contributed by atoms with Crippen LogP contribution >= 0.6 is 12.2 Å². The monoisotopic (exact) mass is 250 g/mol. The molecule has 1 aromatic carbocycles. The molecule has 1 atom stereocenters. The van der Waals surface area contributed by atoms with E-state index >= 15 is 0 Å². The third kappa shape index (κ3) is 3.82. The number of hydrogen-bond donors (Lipinski definition) is 1. The predicted molar refractivity (Wildman–Crippen MR) is 75.0 cm³/mol. The third-order valence-electron chi connectivity index (χ3n) is 2.58. The molecule has 0 aliphatic heterocycles. The molecule has 1 rings (SSSR count). The molecular formula is C13H18N2OS. The van der Waals surface area contributed by atoms with Gasteiger partial charge in [0.15, 0.2) is 0 Å². The highest BCUT2D eigenvalue weighted by Gasteiger charge is 2.20. The molecule has 4 heteroatoms. The molecule has 0 saturated heterocycles. The van der Waals surface area contributed by atoms with Gasteiger partial charge in [0.2, 0.25) is 5.91 Å². The number of nitrogens with two attached hydrogens (primary N) is 1. The van der Waals surface area contributed by atoms with E-state index in [1.54, 1.807) is 4.90 Å². The van der Waals surface area contributed by atoms with Crippen LogP contribution in [0, 0.1) is 5.92 Å². The van der Waals surface area contributed by atoms with Gasteiger partial charge in [0, 0.05) is 24.6 Å². The summed E-state index contributed by atoms with van der Waals surface area (Å²) in [5, 5.41) is 0. The van der Waals surface area contributed by atoms with E-state index in [1.165, 1.54) is 0 Å². The van der Waals surface area contributed by atoms with Crippen molar-refractivity contribution >= 4 is 28.8 Å². The minimum absolute atomic E-state index is 0.0616. The van der Waals surface area contributed by atoms with Crippen LogP contribution in [0.3, 0.4) is 0 Å². The van der Waals surface area contributed by atoms with Crippen LogP contribution in [0.2, 0.25) is 0 Å². The van der Waals surface area contributed by atoms with Crippen molar-refractivity contribution in [2.45, 2.75) is 20.3 Å². The summed E-state index contributed by atoms with van der Waals surface area (Å²) in [6.07, 6.45) is 0.456. The molecule has 1 unspecified atom stereocenters. The van der Waals surface area contributed by atoms with Crippen LogP contribution in [-0.4, -0.2) is 17.4 Å². The number of benzene rings is 1. The molecule has 0 bridgehead atoms. The second-order valence-corrected chi connectivity index (χ2v) is 4.51. The normalized spacial score (nSPS) is 11.9. The van der Waals surface area contributed by atoms with Gasteiger partial charge in [-0.25, -0.2) is 0 Å². The van der Waals surface area contributed by atoms with Gasteiger partial charge in [-0.3, -0.25) is 4.79 Å². The van der Waals surface area contributed by atoms with Gasteiger partial charge in [-0.1, -0.05) is 37.3 Å². The van der Waals surface area contributed by atoms with E-state index in [4.69, 9.17) is 18.0 Å². The molecule has 1 amide bonds. The largest absolute Gasteiger partial charge is 0.393 e. The first-order valence-electron chi connectivity index (χ1n) is 5.71. The highest BCUT2D eigenvalue weighted by atomic mass is 32.1. The van der Waals surface area contributed by atoms with Gasteiger partial charge < -0.3 is 10.6 Å². The zero-order valence-corrected chi connectivity index (χ0v) is 11.0. The third-order valence-corrected chi connectivity index (χ3v) is 2.75. The van der Waals surface area contributed by atoms with Crippen molar-refractivity contribution in [3.8, 4) is 0 Å². The zero-order chi connectivity index (χ0) is 12.8. The maximum atomic E-state index is 12.2. The first kappa shape index (κ1) is 13.6. The molecule has 17 heavy (non-hydrogen) atoms. The average molecular weight is 250 g/mol. The van der Waals surface area contributed by atoms with Crippen molar-refractivity contribution in [2.24, 2.45) is 11.7 Å². The van der Waals surface area contributed by atoms with Crippen LogP contribution in [0.5, 0.6) is 0 Å². The number of nitrogens with zero attached hydrogens (tertiary/aromatic N) is 1. The highest BCUT2D eigenvalue weighted by Crippen LogP contribution is 2.17. The molecule has 0 spiro atoms. The van der Waals surface area contributed by atoms with Gasteiger partial charge in [0.05, 0.1) is 4.99 Å². The van der Waals surface area contributed by atoms with Crippen LogP contribution in [0.1, 0.15) is 20.3 Å². The maximum Gasteiger partial charge on any atom is 0.230 e. The Hall–Kier alpha value is -1.42. The summed E-state index contributed by atoms with van der Waals surface area (Å²) in [6.45, 7) is 4.45. The van der Waals surface area contributed by atoms with E-state index in [0.717, 1.165) is 5.69 Å². The molecule has 1 aromatic rings. The van der Waals surface area contributed by atoms with Gasteiger partial charge in [0.25, 0.3) is 0 Å². The van der Waals surface area contributed by atoms with Gasteiger partial charge in [-0.2, -0.15) is 0 Å². The molecule has 0 saturated carbocycles. The minimum atomic E-state index is -0.173. The fourth-order valence-electron chi connectivity index (χ4n) is 1.73. The van der Waals surface area contributed by atoms with Crippen molar-refractivity contribution in [2.75, 3.05) is 11.4 Å². The summed E-state index contributed by atoms with van der Waals surface area (Å²) in [5.41, 5.74) is 6.38. The summed E-state index contributed by atoms with van der Waals surface area (Å²) in [4.78, 5) is 14.4. The van der Waals surface area contributed by atoms with Gasteiger partial charge in [0.1, 0.15) is 0 Å². The lowest BCUT2D eigenvalue weighted by atomic mass is 10.1. The Morgan fingerprint density at radius 1 is 1.41 bits per heavy atom. The molecule has 0 aliphatic rings. The molecule has 0 fully saturated rings. The lowest BCUT2D eigenvalue weighted by Crippen LogP contribution is -2.36. The summed E-state index contributed by atoms with van der Waals surface area (Å²) in [7, 11) is 0. The molecule has 0 aromatic heterocycles. The van der Waals surface area contributed by atoms with Gasteiger partial charge in [-0.05, 0) is 19.1 Å². The first-order chi connectivity index (χ1) is 8.06. The first-order valence-corrected chi connectivity index (χ1v) is 6.11. The van der Waals surface area contributed by atoms with Crippen molar-refractivity contribution in [1.82, 2.24) is 0 Å². The van der Waals surface area contributed by atoms with Crippen molar-refractivity contribution in [1.29, 1.82) is 0 Å². The topological polar surface area (TPSA) is 46.3 Å². The number of hydrogen-bond acceptors (Lipinski definition) is 2. The van der Waals surface area contributed by atoms with Crippen LogP contribution < -0.4 is 10.6 Å². The summed E-state index contributed by atoms with van der Waals surface area (Å²) in [5.74, 6) is -0.112. The van der Waals surface area contributed by atoms with Crippen molar-refractivity contribution in [3.63, 3.8) is 0 Å². The standard InChI is InChI=1S/C13H18N2OS/c1-3-15(11-7-5-4-6-8-11)13(16)10(2)9-12(14)17/h4-8,10H,3,9H2,1-2H3,(H2,14,17). The van der Waals surface area contributed by atoms with E-state index in [9.17, 15) is 4.79 Å². The molecular weight excluding hydrogens is 232 g/mol. The summed E-state index contributed by atoms with van der Waals surface area (Å²) < 4.78 is 0. The maximum absolute atomic E-state index is 12.2. The summed E-state index contributed by atoms with van der Waals surface area (Å²) >= 11 is 4.84. The van der Waals surface area contributed by atoms with Crippen LogP contribution in [0.15, 0.2) is 30.3 Å². The SMILES string of the molecule is CCN(C(=O)C(C)CC(N)=S)c1ccccc1. The predicted octanol–water partition coefficient (Wildman–Crippen LogP) is 2.35. The number of amides is 1. The van der Waals surface area contributed by atoms with E-state index in [-0.39, 0.29) is 11.8 Å². The molecule has 0 radical (unpaired) electrons. The fraction of sp³-hybridized carbons (Fsp3) is 0.385. The Labute approximate surface area is 108 Å². The Morgan fingerprint density at radius 3 is 2.47 bits per heavy atom. The Kier molecular flexibility index (Phi) is 5.10. The van der Waals surface area contributed by atoms with Crippen molar-refractivity contribution < 1.29 is 4.79 Å². The lowest BCUT2D eigenvalue weighted by Gasteiger charge is -2.24. The number of rotatable bonds is 5. The fourth-order valence-corrected chi connectivity index (χ4v) is 1.98. The molecule has 92 valence electrons. The average Bonchev–Trinajstić information content (AvgIpc) is 2.30. The number of thiocarbonyl (C=S) groups is 1. The van der Waals surface area contributed by atoms with Gasteiger partial charge >= 0.3 is 0 Å². The minimum Gasteiger partial charge on any atom is -0.393 e. The molecule has 2 N–H and O–H groups in total. The second kappa shape index (κ2) is 6.35. The van der Waals surface area contributed by atoms with E-state index < -0.39 is 0 Å². The van der Waals surface area contributed by atoms with Crippen LogP contribution in [0.4, 0.5) is 5.69 Å². The molecule has 3 nitrogen and oxygen atoms in total. The number of carbonyl (C=O) groups excluding carboxylic acids is 1.